The third-order valence-corrected chi connectivity index (χ3v) is 5.87. The summed E-state index contributed by atoms with van der Waals surface area (Å²) in [6, 6.07) is 9.85. The number of urea groups is 1. The largest absolute Gasteiger partial charge is 0.353 e. The third kappa shape index (κ3) is 4.14. The minimum Gasteiger partial charge on any atom is -0.353 e. The number of carbonyl (C=O) groups is 1. The smallest absolute Gasteiger partial charge is 0.317 e. The molecule has 0 saturated carbocycles. The lowest BCUT2D eigenvalue weighted by atomic mass is 9.91. The summed E-state index contributed by atoms with van der Waals surface area (Å²) in [4.78, 5) is 22.1. The van der Waals surface area contributed by atoms with Gasteiger partial charge in [-0.3, -0.25) is 0 Å². The molecule has 1 N–H and O–H groups in total. The van der Waals surface area contributed by atoms with E-state index in [1.807, 2.05) is 17.0 Å². The first-order valence-electron chi connectivity index (χ1n) is 8.67. The van der Waals surface area contributed by atoms with Crippen LogP contribution < -0.4 is 10.2 Å². The summed E-state index contributed by atoms with van der Waals surface area (Å²) in [5, 5.41) is 14.0. The van der Waals surface area contributed by atoms with E-state index in [4.69, 9.17) is 5.26 Å². The summed E-state index contributed by atoms with van der Waals surface area (Å²) in [7, 11) is 0. The molecule has 136 valence electrons. The first-order valence-corrected chi connectivity index (χ1v) is 9.55. The number of nitrogens with one attached hydrogen (secondary N) is 1. The highest BCUT2D eigenvalue weighted by molar-refractivity contribution is 7.10. The van der Waals surface area contributed by atoms with Gasteiger partial charge in [-0.05, 0) is 23.6 Å². The van der Waals surface area contributed by atoms with E-state index in [9.17, 15) is 4.79 Å². The van der Waals surface area contributed by atoms with Crippen molar-refractivity contribution in [2.45, 2.75) is 19.3 Å². The predicted molar refractivity (Wildman–Crippen MR) is 103 cm³/mol. The molecule has 0 radical (unpaired) electrons. The van der Waals surface area contributed by atoms with Gasteiger partial charge in [0.2, 0.25) is 0 Å². The standard InChI is InChI=1S/C19H23N5OS/c1-19(2,16-4-3-11-26-16)14-22-18(25)24-9-7-23(8-10-24)17-6-5-15(12-20)13-21-17/h3-6,11,13H,7-10,14H2,1-2H3,(H,22,25). The highest BCUT2D eigenvalue weighted by Gasteiger charge is 2.26. The van der Waals surface area contributed by atoms with Crippen LogP contribution in [-0.4, -0.2) is 48.6 Å². The Hall–Kier alpha value is -2.59. The zero-order valence-electron chi connectivity index (χ0n) is 15.1. The van der Waals surface area contributed by atoms with Gasteiger partial charge in [-0.25, -0.2) is 9.78 Å². The predicted octanol–water partition coefficient (Wildman–Crippen LogP) is 2.82. The molecule has 7 heteroatoms. The second kappa shape index (κ2) is 7.75. The van der Waals surface area contributed by atoms with E-state index in [-0.39, 0.29) is 11.4 Å². The average molecular weight is 369 g/mol. The second-order valence-corrected chi connectivity index (χ2v) is 7.96. The lowest BCUT2D eigenvalue weighted by Gasteiger charge is -2.36. The van der Waals surface area contributed by atoms with Crippen LogP contribution in [0.5, 0.6) is 0 Å². The zero-order chi connectivity index (χ0) is 18.6. The Morgan fingerprint density at radius 2 is 2.08 bits per heavy atom. The number of hydrogen-bond donors (Lipinski definition) is 1. The molecule has 2 aromatic heterocycles. The van der Waals surface area contributed by atoms with Crippen molar-refractivity contribution >= 4 is 23.2 Å². The van der Waals surface area contributed by atoms with Crippen molar-refractivity contribution in [3.05, 3.63) is 46.3 Å². The summed E-state index contributed by atoms with van der Waals surface area (Å²) in [5.41, 5.74) is 0.484. The van der Waals surface area contributed by atoms with Crippen LogP contribution in [-0.2, 0) is 5.41 Å². The van der Waals surface area contributed by atoms with Crippen LogP contribution >= 0.6 is 11.3 Å². The summed E-state index contributed by atoms with van der Waals surface area (Å²) < 4.78 is 0. The zero-order valence-corrected chi connectivity index (χ0v) is 15.9. The fraction of sp³-hybridized carbons (Fsp3) is 0.421. The molecule has 1 aliphatic heterocycles. The Bertz CT molecular complexity index is 771. The summed E-state index contributed by atoms with van der Waals surface area (Å²) >= 11 is 1.72. The van der Waals surface area contributed by atoms with Crippen molar-refractivity contribution < 1.29 is 4.79 Å². The Morgan fingerprint density at radius 1 is 1.31 bits per heavy atom. The minimum absolute atomic E-state index is 0.0120. The molecule has 3 heterocycles. The number of nitrogens with zero attached hydrogens (tertiary/aromatic N) is 4. The Kier molecular flexibility index (Phi) is 5.43. The Labute approximate surface area is 158 Å². The molecule has 1 fully saturated rings. The van der Waals surface area contributed by atoms with Gasteiger partial charge in [-0.2, -0.15) is 5.26 Å². The fourth-order valence-corrected chi connectivity index (χ4v) is 3.79. The monoisotopic (exact) mass is 369 g/mol. The van der Waals surface area contributed by atoms with Crippen molar-refractivity contribution in [1.29, 1.82) is 5.26 Å². The Balaban J connectivity index is 1.49. The molecular weight excluding hydrogens is 346 g/mol. The van der Waals surface area contributed by atoms with E-state index < -0.39 is 0 Å². The molecule has 26 heavy (non-hydrogen) atoms. The maximum Gasteiger partial charge on any atom is 0.317 e. The molecule has 0 unspecified atom stereocenters. The SMILES string of the molecule is CC(C)(CNC(=O)N1CCN(c2ccc(C#N)cn2)CC1)c1cccs1. The van der Waals surface area contributed by atoms with E-state index in [0.717, 1.165) is 18.9 Å². The molecule has 0 aromatic carbocycles. The fourth-order valence-electron chi connectivity index (χ4n) is 2.94. The van der Waals surface area contributed by atoms with Crippen LogP contribution in [0.1, 0.15) is 24.3 Å². The van der Waals surface area contributed by atoms with Crippen LogP contribution in [0.2, 0.25) is 0 Å². The van der Waals surface area contributed by atoms with Crippen molar-refractivity contribution in [2.75, 3.05) is 37.6 Å². The lowest BCUT2D eigenvalue weighted by Crippen LogP contribution is -2.53. The van der Waals surface area contributed by atoms with E-state index in [1.54, 1.807) is 23.6 Å². The number of carbonyl (C=O) groups excluding carboxylic acids is 1. The van der Waals surface area contributed by atoms with Gasteiger partial charge in [0, 0.05) is 49.2 Å². The minimum atomic E-state index is -0.0714. The van der Waals surface area contributed by atoms with Gasteiger partial charge in [-0.1, -0.05) is 19.9 Å². The first-order chi connectivity index (χ1) is 12.5. The molecule has 2 amide bonds. The van der Waals surface area contributed by atoms with E-state index in [0.29, 0.717) is 25.2 Å². The molecule has 6 nitrogen and oxygen atoms in total. The number of hydrogen-bond acceptors (Lipinski definition) is 5. The second-order valence-electron chi connectivity index (χ2n) is 7.01. The maximum atomic E-state index is 12.5. The van der Waals surface area contributed by atoms with Gasteiger partial charge in [0.25, 0.3) is 0 Å². The van der Waals surface area contributed by atoms with Gasteiger partial charge in [-0.15, -0.1) is 11.3 Å². The molecule has 0 atom stereocenters. The van der Waals surface area contributed by atoms with E-state index in [2.05, 4.69) is 46.6 Å². The Morgan fingerprint density at radius 3 is 2.65 bits per heavy atom. The summed E-state index contributed by atoms with van der Waals surface area (Å²) in [6.45, 7) is 7.70. The quantitative estimate of drug-likeness (QED) is 0.899. The van der Waals surface area contributed by atoms with E-state index >= 15 is 0 Å². The molecule has 0 bridgehead atoms. The van der Waals surface area contributed by atoms with Gasteiger partial charge < -0.3 is 15.1 Å². The number of pyridine rings is 1. The van der Waals surface area contributed by atoms with Crippen molar-refractivity contribution in [3.63, 3.8) is 0 Å². The highest BCUT2D eigenvalue weighted by Crippen LogP contribution is 2.26. The molecule has 0 spiro atoms. The highest BCUT2D eigenvalue weighted by atomic mass is 32.1. The van der Waals surface area contributed by atoms with Crippen LogP contribution in [0.15, 0.2) is 35.8 Å². The number of rotatable bonds is 4. The number of anilines is 1. The number of amides is 2. The van der Waals surface area contributed by atoms with E-state index in [1.165, 1.54) is 4.88 Å². The third-order valence-electron chi connectivity index (χ3n) is 4.64. The molecule has 0 aliphatic carbocycles. The molecule has 1 aliphatic rings. The maximum absolute atomic E-state index is 12.5. The molecular formula is C19H23N5OS. The van der Waals surface area contributed by atoms with Gasteiger partial charge in [0.05, 0.1) is 5.56 Å². The molecule has 3 rings (SSSR count). The number of thiophene rings is 1. The number of nitriles is 1. The van der Waals surface area contributed by atoms with Gasteiger partial charge in [0.15, 0.2) is 0 Å². The van der Waals surface area contributed by atoms with Crippen LogP contribution in [0.25, 0.3) is 0 Å². The van der Waals surface area contributed by atoms with Crippen LogP contribution in [0, 0.1) is 11.3 Å². The first kappa shape index (κ1) is 18.2. The summed E-state index contributed by atoms with van der Waals surface area (Å²) in [6.07, 6.45) is 1.58. The van der Waals surface area contributed by atoms with Crippen LogP contribution in [0.3, 0.4) is 0 Å². The van der Waals surface area contributed by atoms with Crippen molar-refractivity contribution in [2.24, 2.45) is 0 Å². The van der Waals surface area contributed by atoms with Crippen molar-refractivity contribution in [1.82, 2.24) is 15.2 Å². The normalized spacial score (nSPS) is 14.8. The topological polar surface area (TPSA) is 72.3 Å². The van der Waals surface area contributed by atoms with Crippen LogP contribution in [0.4, 0.5) is 10.6 Å². The van der Waals surface area contributed by atoms with Crippen molar-refractivity contribution in [3.8, 4) is 6.07 Å². The molecule has 1 saturated heterocycles. The number of aromatic nitrogens is 1. The van der Waals surface area contributed by atoms with Gasteiger partial charge >= 0.3 is 6.03 Å². The van der Waals surface area contributed by atoms with Gasteiger partial charge in [0.1, 0.15) is 11.9 Å². The lowest BCUT2D eigenvalue weighted by molar-refractivity contribution is 0.192. The number of piperazine rings is 1. The molecule has 2 aromatic rings. The average Bonchev–Trinajstić information content (AvgIpc) is 3.22. The summed E-state index contributed by atoms with van der Waals surface area (Å²) in [5.74, 6) is 0.850.